The van der Waals surface area contributed by atoms with E-state index in [0.29, 0.717) is 5.56 Å². The van der Waals surface area contributed by atoms with Crippen LogP contribution in [0.5, 0.6) is 0 Å². The summed E-state index contributed by atoms with van der Waals surface area (Å²) >= 11 is 11.5. The van der Waals surface area contributed by atoms with E-state index in [9.17, 15) is 21.6 Å². The maximum Gasteiger partial charge on any atom is 0.497 e. The fourth-order valence-corrected chi connectivity index (χ4v) is 2.90. The molecular formula is C13H9Cl2F3N2O2S. The van der Waals surface area contributed by atoms with E-state index in [4.69, 9.17) is 33.7 Å². The fourth-order valence-electron chi connectivity index (χ4n) is 1.73. The van der Waals surface area contributed by atoms with Gasteiger partial charge in [0, 0.05) is 6.42 Å². The predicted octanol–water partition coefficient (Wildman–Crippen LogP) is 3.89. The summed E-state index contributed by atoms with van der Waals surface area (Å²) < 4.78 is 59.3. The molecule has 0 amide bonds. The summed E-state index contributed by atoms with van der Waals surface area (Å²) in [5.74, 6) is -1.35. The highest BCUT2D eigenvalue weighted by molar-refractivity contribution is 7.92. The lowest BCUT2D eigenvalue weighted by Gasteiger charge is -2.19. The molecule has 1 rings (SSSR count). The minimum atomic E-state index is -5.42. The quantitative estimate of drug-likeness (QED) is 0.770. The largest absolute Gasteiger partial charge is 0.497 e. The van der Waals surface area contributed by atoms with E-state index >= 15 is 0 Å². The van der Waals surface area contributed by atoms with E-state index in [2.05, 4.69) is 0 Å². The molecule has 0 saturated carbocycles. The van der Waals surface area contributed by atoms with Gasteiger partial charge in [0.25, 0.3) is 0 Å². The summed E-state index contributed by atoms with van der Waals surface area (Å²) in [6.07, 6.45) is -1.05. The van der Waals surface area contributed by atoms with Crippen molar-refractivity contribution in [2.75, 3.05) is 5.75 Å². The van der Waals surface area contributed by atoms with E-state index in [1.54, 1.807) is 12.1 Å². The smallest absolute Gasteiger partial charge is 0.220 e. The summed E-state index contributed by atoms with van der Waals surface area (Å²) in [7, 11) is -5.41. The molecule has 0 heterocycles. The molecule has 0 aliphatic carbocycles. The number of hydrogen-bond acceptors (Lipinski definition) is 4. The average Bonchev–Trinajstić information content (AvgIpc) is 2.46. The van der Waals surface area contributed by atoms with E-state index in [1.807, 2.05) is 0 Å². The summed E-state index contributed by atoms with van der Waals surface area (Å²) in [4.78, 5) is 0. The summed E-state index contributed by atoms with van der Waals surface area (Å²) in [6, 6.07) is 7.43. The van der Waals surface area contributed by atoms with Gasteiger partial charge in [-0.25, -0.2) is 8.42 Å². The van der Waals surface area contributed by atoms with E-state index in [1.165, 1.54) is 18.2 Å². The van der Waals surface area contributed by atoms with Gasteiger partial charge in [-0.05, 0) is 24.1 Å². The Morgan fingerprint density at radius 1 is 1.09 bits per heavy atom. The molecule has 0 saturated heterocycles. The monoisotopic (exact) mass is 384 g/mol. The van der Waals surface area contributed by atoms with Crippen molar-refractivity contribution in [2.24, 2.45) is 5.41 Å². The van der Waals surface area contributed by atoms with Crippen LogP contribution in [0.4, 0.5) is 13.2 Å². The molecule has 0 aromatic heterocycles. The topological polar surface area (TPSA) is 81.7 Å². The lowest BCUT2D eigenvalue weighted by atomic mass is 9.82. The van der Waals surface area contributed by atoms with Crippen LogP contribution in [0.1, 0.15) is 12.0 Å². The van der Waals surface area contributed by atoms with Crippen LogP contribution in [0.25, 0.3) is 0 Å². The Kier molecular flexibility index (Phi) is 5.92. The Morgan fingerprint density at radius 3 is 2.09 bits per heavy atom. The standard InChI is InChI=1S/C13H9Cl2F3N2O2S/c14-10-2-1-9(5-11(10)15)6-12(7-19,8-20)3-4-23(21,22)13(16,17)18/h1-2,5H,3-4,6H2. The fraction of sp³-hybridized carbons (Fsp3) is 0.385. The van der Waals surface area contributed by atoms with Gasteiger partial charge < -0.3 is 0 Å². The molecule has 0 atom stereocenters. The molecule has 1 aromatic rings. The van der Waals surface area contributed by atoms with Crippen LogP contribution in [0.3, 0.4) is 0 Å². The van der Waals surface area contributed by atoms with Gasteiger partial charge in [-0.15, -0.1) is 0 Å². The lowest BCUT2D eigenvalue weighted by molar-refractivity contribution is -0.0436. The van der Waals surface area contributed by atoms with Crippen LogP contribution in [0.15, 0.2) is 18.2 Å². The summed E-state index contributed by atoms with van der Waals surface area (Å²) in [5.41, 5.74) is -6.96. The summed E-state index contributed by atoms with van der Waals surface area (Å²) in [6.45, 7) is 0. The first-order valence-corrected chi connectivity index (χ1v) is 8.43. The second kappa shape index (κ2) is 6.96. The molecule has 0 aliphatic rings. The van der Waals surface area contributed by atoms with Crippen LogP contribution >= 0.6 is 23.2 Å². The highest BCUT2D eigenvalue weighted by Crippen LogP contribution is 2.32. The molecule has 23 heavy (non-hydrogen) atoms. The molecule has 1 aromatic carbocycles. The molecular weight excluding hydrogens is 376 g/mol. The van der Waals surface area contributed by atoms with Crippen molar-refractivity contribution in [3.05, 3.63) is 33.8 Å². The number of sulfone groups is 1. The molecule has 10 heteroatoms. The van der Waals surface area contributed by atoms with Gasteiger partial charge in [0.05, 0.1) is 27.9 Å². The number of alkyl halides is 3. The van der Waals surface area contributed by atoms with Crippen molar-refractivity contribution in [3.63, 3.8) is 0 Å². The van der Waals surface area contributed by atoms with Crippen molar-refractivity contribution in [1.82, 2.24) is 0 Å². The molecule has 124 valence electrons. The zero-order valence-corrected chi connectivity index (χ0v) is 13.7. The van der Waals surface area contributed by atoms with Crippen molar-refractivity contribution in [2.45, 2.75) is 18.3 Å². The number of nitrogens with zero attached hydrogens (tertiary/aromatic N) is 2. The van der Waals surface area contributed by atoms with Crippen molar-refractivity contribution in [3.8, 4) is 12.1 Å². The zero-order valence-electron chi connectivity index (χ0n) is 11.4. The first kappa shape index (κ1) is 19.6. The minimum absolute atomic E-state index is 0.150. The lowest BCUT2D eigenvalue weighted by Crippen LogP contribution is -2.30. The van der Waals surface area contributed by atoms with Crippen LogP contribution in [-0.2, 0) is 16.3 Å². The van der Waals surface area contributed by atoms with Gasteiger partial charge in [-0.1, -0.05) is 29.3 Å². The van der Waals surface area contributed by atoms with Crippen molar-refractivity contribution < 1.29 is 21.6 Å². The third kappa shape index (κ3) is 4.74. The Hall–Kier alpha value is -1.48. The van der Waals surface area contributed by atoms with Crippen LogP contribution in [0, 0.1) is 28.1 Å². The number of halogens is 5. The maximum atomic E-state index is 12.4. The minimum Gasteiger partial charge on any atom is -0.220 e. The zero-order chi connectivity index (χ0) is 17.9. The Bertz CT molecular complexity index is 766. The first-order chi connectivity index (χ1) is 10.5. The maximum absolute atomic E-state index is 12.4. The highest BCUT2D eigenvalue weighted by atomic mass is 35.5. The SMILES string of the molecule is N#CC(C#N)(CCS(=O)(=O)C(F)(F)F)Cc1ccc(Cl)c(Cl)c1. The number of benzene rings is 1. The third-order valence-electron chi connectivity index (χ3n) is 3.07. The predicted molar refractivity (Wildman–Crippen MR) is 78.3 cm³/mol. The van der Waals surface area contributed by atoms with Crippen LogP contribution in [0.2, 0.25) is 10.0 Å². The second-order valence-electron chi connectivity index (χ2n) is 4.75. The van der Waals surface area contributed by atoms with E-state index in [0.717, 1.165) is 0 Å². The van der Waals surface area contributed by atoms with E-state index in [-0.39, 0.29) is 16.5 Å². The van der Waals surface area contributed by atoms with Crippen LogP contribution in [-0.4, -0.2) is 19.7 Å². The molecule has 0 unspecified atom stereocenters. The van der Waals surface area contributed by atoms with Gasteiger partial charge in [0.1, 0.15) is 5.41 Å². The molecule has 0 bridgehead atoms. The number of nitriles is 2. The first-order valence-electron chi connectivity index (χ1n) is 6.02. The average molecular weight is 385 g/mol. The Balaban J connectivity index is 3.03. The normalized spacial score (nSPS) is 12.5. The van der Waals surface area contributed by atoms with Gasteiger partial charge in [0.2, 0.25) is 9.84 Å². The summed E-state index contributed by atoms with van der Waals surface area (Å²) in [5, 5.41) is 18.7. The number of rotatable bonds is 5. The van der Waals surface area contributed by atoms with Crippen molar-refractivity contribution >= 4 is 33.0 Å². The highest BCUT2D eigenvalue weighted by Gasteiger charge is 2.46. The third-order valence-corrected chi connectivity index (χ3v) is 5.25. The molecule has 0 aliphatic heterocycles. The Morgan fingerprint density at radius 2 is 1.65 bits per heavy atom. The Labute approximate surface area is 140 Å². The van der Waals surface area contributed by atoms with Crippen molar-refractivity contribution in [1.29, 1.82) is 10.5 Å². The van der Waals surface area contributed by atoms with Crippen LogP contribution < -0.4 is 0 Å². The van der Waals surface area contributed by atoms with Gasteiger partial charge in [0.15, 0.2) is 0 Å². The molecule has 0 N–H and O–H groups in total. The molecule has 0 radical (unpaired) electrons. The number of hydrogen-bond donors (Lipinski definition) is 0. The van der Waals surface area contributed by atoms with Gasteiger partial charge in [-0.2, -0.15) is 23.7 Å². The molecule has 0 spiro atoms. The van der Waals surface area contributed by atoms with Gasteiger partial charge >= 0.3 is 5.51 Å². The van der Waals surface area contributed by atoms with E-state index < -0.39 is 32.9 Å². The molecule has 0 fully saturated rings. The molecule has 4 nitrogen and oxygen atoms in total. The van der Waals surface area contributed by atoms with Gasteiger partial charge in [-0.3, -0.25) is 0 Å². The second-order valence-corrected chi connectivity index (χ2v) is 7.66.